The third kappa shape index (κ3) is 3.82. The number of alkyl halides is 3. The average Bonchev–Trinajstić information content (AvgIpc) is 2.62. The number of benzene rings is 2. The number of halogens is 4. The van der Waals surface area contributed by atoms with Crippen molar-refractivity contribution in [2.45, 2.75) is 6.18 Å². The van der Waals surface area contributed by atoms with Gasteiger partial charge in [-0.25, -0.2) is 14.1 Å². The molecule has 2 amide bonds. The Morgan fingerprint density at radius 1 is 1.07 bits per heavy atom. The molecule has 0 aliphatic carbocycles. The maximum Gasteiger partial charge on any atom is 0.420 e. The number of fused-ring (bicyclic) bond motifs is 1. The van der Waals surface area contributed by atoms with E-state index in [1.807, 2.05) is 0 Å². The van der Waals surface area contributed by atoms with Crippen LogP contribution in [0.15, 0.2) is 24.3 Å². The molecule has 0 saturated carbocycles. The van der Waals surface area contributed by atoms with Gasteiger partial charge in [-0.2, -0.15) is 13.2 Å². The van der Waals surface area contributed by atoms with Crippen molar-refractivity contribution in [1.29, 1.82) is 0 Å². The molecule has 0 aliphatic heterocycles. The van der Waals surface area contributed by atoms with Gasteiger partial charge in [0.1, 0.15) is 23.7 Å². The molecule has 0 atom stereocenters. The van der Waals surface area contributed by atoms with Gasteiger partial charge in [0, 0.05) is 0 Å². The van der Waals surface area contributed by atoms with Crippen molar-refractivity contribution in [1.82, 2.24) is 4.90 Å². The largest absolute Gasteiger partial charge is 0.496 e. The summed E-state index contributed by atoms with van der Waals surface area (Å²) in [6, 6.07) is 3.32. The number of nitrogens with zero attached hydrogens (tertiary/aromatic N) is 1. The molecule has 150 valence electrons. The van der Waals surface area contributed by atoms with Crippen LogP contribution < -0.4 is 4.74 Å². The molecule has 0 aromatic heterocycles. The number of carboxylic acid groups (broad SMARTS) is 1. The minimum Gasteiger partial charge on any atom is -0.496 e. The van der Waals surface area contributed by atoms with E-state index in [1.54, 1.807) is 0 Å². The Labute approximate surface area is 155 Å². The molecule has 28 heavy (non-hydrogen) atoms. The summed E-state index contributed by atoms with van der Waals surface area (Å²) < 4.78 is 63.9. The van der Waals surface area contributed by atoms with Gasteiger partial charge in [0.05, 0.1) is 19.8 Å². The summed E-state index contributed by atoms with van der Waals surface area (Å²) >= 11 is 0. The maximum absolute atomic E-state index is 14.4. The van der Waals surface area contributed by atoms with Crippen molar-refractivity contribution < 1.29 is 46.5 Å². The minimum atomic E-state index is -4.90. The number of aliphatic carboxylic acids is 1. The second-order valence-corrected chi connectivity index (χ2v) is 5.41. The van der Waals surface area contributed by atoms with Crippen molar-refractivity contribution in [3.05, 3.63) is 41.2 Å². The zero-order chi connectivity index (χ0) is 21.2. The number of carbonyl (C=O) groups is 3. The van der Waals surface area contributed by atoms with Gasteiger partial charge in [0.15, 0.2) is 0 Å². The Bertz CT molecular complexity index is 957. The van der Waals surface area contributed by atoms with Crippen LogP contribution in [0.5, 0.6) is 5.75 Å². The Morgan fingerprint density at radius 3 is 2.18 bits per heavy atom. The topological polar surface area (TPSA) is 93.1 Å². The normalized spacial score (nSPS) is 11.2. The first-order valence-corrected chi connectivity index (χ1v) is 7.51. The number of hydrogen-bond acceptors (Lipinski definition) is 5. The van der Waals surface area contributed by atoms with E-state index in [1.165, 1.54) is 0 Å². The van der Waals surface area contributed by atoms with Gasteiger partial charge >= 0.3 is 18.2 Å². The molecule has 0 aliphatic rings. The van der Waals surface area contributed by atoms with Crippen LogP contribution in [-0.4, -0.2) is 48.7 Å². The van der Waals surface area contributed by atoms with Gasteiger partial charge < -0.3 is 14.6 Å². The zero-order valence-corrected chi connectivity index (χ0v) is 14.5. The molecule has 0 saturated heterocycles. The van der Waals surface area contributed by atoms with Crippen LogP contribution in [0.3, 0.4) is 0 Å². The molecule has 1 N–H and O–H groups in total. The van der Waals surface area contributed by atoms with Crippen LogP contribution in [-0.2, 0) is 15.7 Å². The van der Waals surface area contributed by atoms with Crippen molar-refractivity contribution in [3.8, 4) is 5.75 Å². The summed E-state index contributed by atoms with van der Waals surface area (Å²) in [5, 5.41) is 7.83. The summed E-state index contributed by atoms with van der Waals surface area (Å²) in [5.41, 5.74) is -2.15. The molecule has 2 rings (SSSR count). The molecular weight excluding hydrogens is 390 g/mol. The lowest BCUT2D eigenvalue weighted by atomic mass is 9.97. The van der Waals surface area contributed by atoms with Crippen LogP contribution in [0, 0.1) is 5.82 Å². The van der Waals surface area contributed by atoms with E-state index in [-0.39, 0.29) is 4.90 Å². The van der Waals surface area contributed by atoms with E-state index >= 15 is 0 Å². The minimum absolute atomic E-state index is 0.0671. The highest BCUT2D eigenvalue weighted by molar-refractivity contribution is 6.13. The van der Waals surface area contributed by atoms with Crippen LogP contribution in [0.2, 0.25) is 0 Å². The predicted molar refractivity (Wildman–Crippen MR) is 86.5 cm³/mol. The summed E-state index contributed by atoms with van der Waals surface area (Å²) in [4.78, 5) is 35.4. The molecule has 0 bridgehead atoms. The quantitative estimate of drug-likeness (QED) is 0.788. The van der Waals surface area contributed by atoms with E-state index in [0.29, 0.717) is 6.07 Å². The van der Waals surface area contributed by atoms with Crippen LogP contribution in [0.1, 0.15) is 15.9 Å². The number of imide groups is 1. The number of amides is 2. The van der Waals surface area contributed by atoms with Crippen molar-refractivity contribution in [2.24, 2.45) is 0 Å². The summed E-state index contributed by atoms with van der Waals surface area (Å²) in [7, 11) is 1.87. The molecule has 0 heterocycles. The average molecular weight is 403 g/mol. The number of methoxy groups -OCH3 is 2. The number of hydrogen-bond donors (Lipinski definition) is 1. The van der Waals surface area contributed by atoms with Crippen LogP contribution in [0.25, 0.3) is 10.8 Å². The highest BCUT2D eigenvalue weighted by Gasteiger charge is 2.38. The lowest BCUT2D eigenvalue weighted by Crippen LogP contribution is -2.41. The number of rotatable bonds is 4. The highest BCUT2D eigenvalue weighted by Crippen LogP contribution is 2.42. The van der Waals surface area contributed by atoms with Gasteiger partial charge in [0.25, 0.3) is 5.91 Å². The predicted octanol–water partition coefficient (Wildman–Crippen LogP) is 3.30. The van der Waals surface area contributed by atoms with E-state index in [2.05, 4.69) is 4.74 Å². The Morgan fingerprint density at radius 2 is 1.68 bits per heavy atom. The van der Waals surface area contributed by atoms with Gasteiger partial charge in [-0.15, -0.1) is 0 Å². The van der Waals surface area contributed by atoms with Gasteiger partial charge in [-0.05, 0) is 29.0 Å². The first-order chi connectivity index (χ1) is 13.0. The molecule has 0 unspecified atom stereocenters. The Hall–Kier alpha value is -3.37. The highest BCUT2D eigenvalue weighted by atomic mass is 19.4. The summed E-state index contributed by atoms with van der Waals surface area (Å²) in [5.74, 6) is -4.87. The third-order valence-corrected chi connectivity index (χ3v) is 3.76. The SMILES string of the molecule is COC(=O)N(CC(=O)O)C(=O)c1c(F)ccc2c(C(F)(F)F)c(OC)ccc12. The lowest BCUT2D eigenvalue weighted by Gasteiger charge is -2.20. The molecule has 0 radical (unpaired) electrons. The van der Waals surface area contributed by atoms with Crippen LogP contribution in [0.4, 0.5) is 22.4 Å². The van der Waals surface area contributed by atoms with Gasteiger partial charge in [-0.3, -0.25) is 9.59 Å². The van der Waals surface area contributed by atoms with E-state index in [4.69, 9.17) is 9.84 Å². The Kier molecular flexibility index (Phi) is 5.76. The number of carbonyl (C=O) groups excluding carboxylic acids is 2. The Balaban J connectivity index is 2.80. The second kappa shape index (κ2) is 7.71. The number of carboxylic acids is 1. The molecule has 0 spiro atoms. The second-order valence-electron chi connectivity index (χ2n) is 5.41. The first-order valence-electron chi connectivity index (χ1n) is 7.51. The third-order valence-electron chi connectivity index (χ3n) is 3.76. The van der Waals surface area contributed by atoms with Crippen LogP contribution >= 0.6 is 0 Å². The first kappa shape index (κ1) is 20.9. The molecule has 2 aromatic carbocycles. The molecule has 7 nitrogen and oxygen atoms in total. The molecule has 0 fully saturated rings. The maximum atomic E-state index is 14.4. The van der Waals surface area contributed by atoms with Gasteiger partial charge in [0.2, 0.25) is 0 Å². The van der Waals surface area contributed by atoms with Crippen molar-refractivity contribution >= 4 is 28.7 Å². The van der Waals surface area contributed by atoms with E-state index in [0.717, 1.165) is 32.4 Å². The van der Waals surface area contributed by atoms with Crippen molar-refractivity contribution in [2.75, 3.05) is 20.8 Å². The molecule has 11 heteroatoms. The van der Waals surface area contributed by atoms with Crippen molar-refractivity contribution in [3.63, 3.8) is 0 Å². The molecule has 2 aromatic rings. The smallest absolute Gasteiger partial charge is 0.420 e. The standard InChI is InChI=1S/C17H13F4NO6/c1-27-11-6-4-8-9(14(11)17(19,20)21)3-5-10(18)13(8)15(25)22(7-12(23)24)16(26)28-2/h3-6H,7H2,1-2H3,(H,23,24). The summed E-state index contributed by atoms with van der Waals surface area (Å²) in [6.45, 7) is -1.18. The van der Waals surface area contributed by atoms with Gasteiger partial charge in [-0.1, -0.05) is 6.07 Å². The fourth-order valence-electron chi connectivity index (χ4n) is 2.64. The summed E-state index contributed by atoms with van der Waals surface area (Å²) in [6.07, 6.45) is -6.31. The monoisotopic (exact) mass is 403 g/mol. The number of ether oxygens (including phenoxy) is 2. The zero-order valence-electron chi connectivity index (χ0n) is 14.5. The van der Waals surface area contributed by atoms with E-state index < -0.39 is 64.2 Å². The lowest BCUT2D eigenvalue weighted by molar-refractivity contribution is -0.138. The fourth-order valence-corrected chi connectivity index (χ4v) is 2.64. The fraction of sp³-hybridized carbons (Fsp3) is 0.235. The molecular formula is C17H13F4NO6. The van der Waals surface area contributed by atoms with E-state index in [9.17, 15) is 31.9 Å².